The molecule has 1 unspecified atom stereocenters. The van der Waals surface area contributed by atoms with Gasteiger partial charge >= 0.3 is 18.3 Å². The number of carbonyl (C=O) groups is 1. The Bertz CT molecular complexity index is 605. The van der Waals surface area contributed by atoms with E-state index in [0.717, 1.165) is 11.8 Å². The molecule has 0 saturated heterocycles. The summed E-state index contributed by atoms with van der Waals surface area (Å²) >= 11 is 0.768. The lowest BCUT2D eigenvalue weighted by atomic mass is 10.0. The molecule has 0 aromatic heterocycles. The van der Waals surface area contributed by atoms with Gasteiger partial charge in [-0.05, 0) is 23.8 Å². The molecule has 0 bridgehead atoms. The topological polar surface area (TPSA) is 49.7 Å². The highest BCUT2D eigenvalue weighted by molar-refractivity contribution is 8.16. The van der Waals surface area contributed by atoms with Gasteiger partial charge in [-0.1, -0.05) is 11.8 Å². The maximum atomic E-state index is 12.7. The average Bonchev–Trinajstić information content (AvgIpc) is 2.85. The SMILES string of the molecule is O=C(O)C1=NC(c2cc(C(F)(F)F)cc(C(F)(F)F)c2)CS1. The number of thioether (sulfide) groups is 1. The van der Waals surface area contributed by atoms with E-state index in [0.29, 0.717) is 12.1 Å². The Morgan fingerprint density at radius 1 is 1.09 bits per heavy atom. The Hall–Kier alpha value is -1.71. The van der Waals surface area contributed by atoms with E-state index in [4.69, 9.17) is 5.11 Å². The summed E-state index contributed by atoms with van der Waals surface area (Å²) in [6.07, 6.45) is -9.89. The first-order valence-corrected chi connectivity index (χ1v) is 6.70. The number of carboxylic acids is 1. The van der Waals surface area contributed by atoms with Crippen molar-refractivity contribution in [1.82, 2.24) is 0 Å². The zero-order valence-electron chi connectivity index (χ0n) is 10.5. The van der Waals surface area contributed by atoms with E-state index < -0.39 is 35.5 Å². The molecule has 0 aliphatic carbocycles. The molecule has 2 rings (SSSR count). The fourth-order valence-corrected chi connectivity index (χ4v) is 2.74. The summed E-state index contributed by atoms with van der Waals surface area (Å²) in [5.74, 6) is -1.39. The van der Waals surface area contributed by atoms with Crippen molar-refractivity contribution in [3.63, 3.8) is 0 Å². The van der Waals surface area contributed by atoms with Gasteiger partial charge in [-0.3, -0.25) is 4.99 Å². The number of rotatable bonds is 2. The molecule has 1 aliphatic heterocycles. The Balaban J connectivity index is 2.50. The van der Waals surface area contributed by atoms with Crippen LogP contribution in [0.15, 0.2) is 23.2 Å². The van der Waals surface area contributed by atoms with Gasteiger partial charge in [0.2, 0.25) is 0 Å². The van der Waals surface area contributed by atoms with Crippen LogP contribution < -0.4 is 0 Å². The highest BCUT2D eigenvalue weighted by Crippen LogP contribution is 2.39. The van der Waals surface area contributed by atoms with Crippen LogP contribution in [-0.2, 0) is 17.1 Å². The highest BCUT2D eigenvalue weighted by Gasteiger charge is 2.38. The van der Waals surface area contributed by atoms with Gasteiger partial charge in [0.25, 0.3) is 0 Å². The van der Waals surface area contributed by atoms with Crippen LogP contribution in [0.3, 0.4) is 0 Å². The van der Waals surface area contributed by atoms with E-state index in [1.54, 1.807) is 0 Å². The molecule has 1 atom stereocenters. The normalized spacial score (nSPS) is 19.2. The van der Waals surface area contributed by atoms with E-state index in [2.05, 4.69) is 4.99 Å². The second-order valence-electron chi connectivity index (χ2n) is 4.41. The number of aliphatic carboxylic acids is 1. The third-order valence-electron chi connectivity index (χ3n) is 2.83. The molecule has 22 heavy (non-hydrogen) atoms. The van der Waals surface area contributed by atoms with Crippen molar-refractivity contribution < 1.29 is 36.2 Å². The fraction of sp³-hybridized carbons (Fsp3) is 0.333. The molecule has 0 fully saturated rings. The van der Waals surface area contributed by atoms with Crippen molar-refractivity contribution in [2.45, 2.75) is 18.4 Å². The molecule has 0 amide bonds. The van der Waals surface area contributed by atoms with Crippen molar-refractivity contribution in [2.24, 2.45) is 4.99 Å². The van der Waals surface area contributed by atoms with Crippen molar-refractivity contribution in [3.8, 4) is 0 Å². The van der Waals surface area contributed by atoms with Crippen LogP contribution in [-0.4, -0.2) is 21.9 Å². The number of hydrogen-bond acceptors (Lipinski definition) is 3. The van der Waals surface area contributed by atoms with Crippen LogP contribution >= 0.6 is 11.8 Å². The van der Waals surface area contributed by atoms with Gasteiger partial charge in [0, 0.05) is 5.75 Å². The third kappa shape index (κ3) is 3.54. The number of aliphatic imine (C=N–C) groups is 1. The minimum absolute atomic E-state index is 0.0212. The van der Waals surface area contributed by atoms with Crippen molar-refractivity contribution in [3.05, 3.63) is 34.9 Å². The summed E-state index contributed by atoms with van der Waals surface area (Å²) in [4.78, 5) is 14.4. The van der Waals surface area contributed by atoms with Crippen LogP contribution in [0, 0.1) is 0 Å². The Morgan fingerprint density at radius 3 is 1.95 bits per heavy atom. The first-order chi connectivity index (χ1) is 9.98. The first-order valence-electron chi connectivity index (χ1n) is 5.72. The molecule has 120 valence electrons. The summed E-state index contributed by atoms with van der Waals surface area (Å²) in [6.45, 7) is 0. The molecular formula is C12H7F6NO2S. The molecule has 1 aromatic carbocycles. The molecule has 0 spiro atoms. The monoisotopic (exact) mass is 343 g/mol. The molecular weight excluding hydrogens is 336 g/mol. The summed E-state index contributed by atoms with van der Waals surface area (Å²) in [5, 5.41) is 8.40. The molecule has 3 nitrogen and oxygen atoms in total. The smallest absolute Gasteiger partial charge is 0.416 e. The lowest BCUT2D eigenvalue weighted by Gasteiger charge is -2.15. The Kier molecular flexibility index (Phi) is 4.16. The second kappa shape index (κ2) is 5.49. The minimum Gasteiger partial charge on any atom is -0.476 e. The minimum atomic E-state index is -4.94. The van der Waals surface area contributed by atoms with E-state index in [1.807, 2.05) is 0 Å². The fourth-order valence-electron chi connectivity index (χ4n) is 1.83. The molecule has 1 aliphatic rings. The number of hydrogen-bond donors (Lipinski definition) is 1. The van der Waals surface area contributed by atoms with Gasteiger partial charge in [-0.15, -0.1) is 0 Å². The zero-order valence-corrected chi connectivity index (χ0v) is 11.3. The lowest BCUT2D eigenvalue weighted by molar-refractivity contribution is -0.143. The van der Waals surface area contributed by atoms with Gasteiger partial charge in [0.05, 0.1) is 17.2 Å². The quantitative estimate of drug-likeness (QED) is 0.826. The molecule has 0 saturated carbocycles. The summed E-state index contributed by atoms with van der Waals surface area (Å²) in [5.41, 5.74) is -3.20. The van der Waals surface area contributed by atoms with Crippen LogP contribution in [0.2, 0.25) is 0 Å². The molecule has 1 heterocycles. The number of alkyl halides is 6. The molecule has 0 radical (unpaired) electrons. The number of carboxylic acid groups (broad SMARTS) is 1. The predicted molar refractivity (Wildman–Crippen MR) is 66.7 cm³/mol. The standard InChI is InChI=1S/C12H7F6NO2S/c13-11(14,15)6-1-5(2-7(3-6)12(16,17)18)8-4-22-9(19-8)10(20)21/h1-3,8H,4H2,(H,20,21). The predicted octanol–water partition coefficient (Wildman–Crippen LogP) is 4.00. The van der Waals surface area contributed by atoms with Gasteiger partial charge < -0.3 is 5.11 Å². The third-order valence-corrected chi connectivity index (χ3v) is 3.86. The summed E-state index contributed by atoms with van der Waals surface area (Å²) in [7, 11) is 0. The number of halogens is 6. The largest absolute Gasteiger partial charge is 0.476 e. The molecule has 10 heteroatoms. The Morgan fingerprint density at radius 2 is 1.59 bits per heavy atom. The number of nitrogens with zero attached hydrogens (tertiary/aromatic N) is 1. The van der Waals surface area contributed by atoms with E-state index in [9.17, 15) is 31.1 Å². The summed E-state index contributed by atoms with van der Waals surface area (Å²) in [6, 6.07) is 0.0937. The average molecular weight is 343 g/mol. The highest BCUT2D eigenvalue weighted by atomic mass is 32.2. The van der Waals surface area contributed by atoms with Crippen LogP contribution in [0.5, 0.6) is 0 Å². The number of benzene rings is 1. The van der Waals surface area contributed by atoms with Crippen LogP contribution in [0.25, 0.3) is 0 Å². The van der Waals surface area contributed by atoms with E-state index in [-0.39, 0.29) is 22.4 Å². The maximum Gasteiger partial charge on any atom is 0.416 e. The van der Waals surface area contributed by atoms with Crippen LogP contribution in [0.4, 0.5) is 26.3 Å². The van der Waals surface area contributed by atoms with Crippen LogP contribution in [0.1, 0.15) is 22.7 Å². The van der Waals surface area contributed by atoms with Gasteiger partial charge in [-0.25, -0.2) is 4.79 Å². The van der Waals surface area contributed by atoms with E-state index in [1.165, 1.54) is 0 Å². The van der Waals surface area contributed by atoms with E-state index >= 15 is 0 Å². The molecule has 1 aromatic rings. The molecule has 1 N–H and O–H groups in total. The van der Waals surface area contributed by atoms with Crippen molar-refractivity contribution in [1.29, 1.82) is 0 Å². The van der Waals surface area contributed by atoms with Gasteiger partial charge in [0.1, 0.15) is 0 Å². The maximum absolute atomic E-state index is 12.7. The lowest BCUT2D eigenvalue weighted by Crippen LogP contribution is -2.12. The van der Waals surface area contributed by atoms with Crippen molar-refractivity contribution >= 4 is 22.8 Å². The van der Waals surface area contributed by atoms with Gasteiger partial charge in [-0.2, -0.15) is 26.3 Å². The summed E-state index contributed by atoms with van der Waals surface area (Å²) < 4.78 is 76.4. The zero-order chi connectivity index (χ0) is 16.7. The second-order valence-corrected chi connectivity index (χ2v) is 5.41. The van der Waals surface area contributed by atoms with Crippen molar-refractivity contribution in [2.75, 3.05) is 5.75 Å². The first kappa shape index (κ1) is 16.7. The Labute approximate surface area is 124 Å². The van der Waals surface area contributed by atoms with Gasteiger partial charge in [0.15, 0.2) is 5.04 Å².